The van der Waals surface area contributed by atoms with Crippen LogP contribution in [0.1, 0.15) is 38.7 Å². The normalized spacial score (nSPS) is 22.8. The van der Waals surface area contributed by atoms with Gasteiger partial charge in [0.25, 0.3) is 0 Å². The lowest BCUT2D eigenvalue weighted by molar-refractivity contribution is -0.133. The summed E-state index contributed by atoms with van der Waals surface area (Å²) in [5.41, 5.74) is 6.88. The summed E-state index contributed by atoms with van der Waals surface area (Å²) in [5.74, 6) is -1.07. The molecule has 8 heteroatoms. The molecule has 32 heavy (non-hydrogen) atoms. The quantitative estimate of drug-likeness (QED) is 0.505. The van der Waals surface area contributed by atoms with Gasteiger partial charge in [-0.05, 0) is 31.6 Å². The van der Waals surface area contributed by atoms with E-state index < -0.39 is 17.6 Å². The maximum Gasteiger partial charge on any atom is 0.248 e. The molecule has 3 rings (SSSR count). The number of carbonyl (C=O) groups is 3. The fraction of sp³-hybridized carbons (Fsp3) is 0.333. The second-order valence-corrected chi connectivity index (χ2v) is 7.84. The van der Waals surface area contributed by atoms with Gasteiger partial charge in [-0.2, -0.15) is 0 Å². The minimum absolute atomic E-state index is 0.229. The van der Waals surface area contributed by atoms with Gasteiger partial charge >= 0.3 is 0 Å². The molecule has 0 saturated carbocycles. The average molecular weight is 437 g/mol. The van der Waals surface area contributed by atoms with Crippen molar-refractivity contribution >= 4 is 29.1 Å². The van der Waals surface area contributed by atoms with Gasteiger partial charge in [0.05, 0.1) is 12.3 Å². The highest BCUT2D eigenvalue weighted by molar-refractivity contribution is 6.04. The number of amides is 3. The van der Waals surface area contributed by atoms with Crippen molar-refractivity contribution in [3.8, 4) is 0 Å². The van der Waals surface area contributed by atoms with E-state index in [1.54, 1.807) is 24.3 Å². The van der Waals surface area contributed by atoms with E-state index in [0.717, 1.165) is 5.56 Å². The molecule has 3 amide bonds. The first-order valence-corrected chi connectivity index (χ1v) is 10.6. The number of rotatable bonds is 7. The summed E-state index contributed by atoms with van der Waals surface area (Å²) in [4.78, 5) is 43.8. The van der Waals surface area contributed by atoms with Crippen LogP contribution in [-0.2, 0) is 19.2 Å². The van der Waals surface area contributed by atoms with Crippen LogP contribution in [0.2, 0.25) is 0 Å². The molecule has 3 N–H and O–H groups in total. The van der Waals surface area contributed by atoms with Gasteiger partial charge in [0.1, 0.15) is 6.04 Å². The number of hydrogen-bond donors (Lipinski definition) is 2. The van der Waals surface area contributed by atoms with Crippen molar-refractivity contribution in [1.29, 1.82) is 0 Å². The number of anilines is 1. The van der Waals surface area contributed by atoms with Crippen LogP contribution in [0.25, 0.3) is 0 Å². The van der Waals surface area contributed by atoms with E-state index in [0.29, 0.717) is 24.2 Å². The van der Waals surface area contributed by atoms with Gasteiger partial charge in [-0.15, -0.1) is 0 Å². The van der Waals surface area contributed by atoms with E-state index in [1.807, 2.05) is 38.1 Å². The number of nitrogens with one attached hydrogen (secondary N) is 1. The SMILES string of the molecule is C/C=C\C=C/C(=O)Nc1cccc(C2=NOC3(C2)C[C@@H](C(N)=O)N(C(=O)/C=C/CC)C3)c1. The highest BCUT2D eigenvalue weighted by Crippen LogP contribution is 2.39. The Kier molecular flexibility index (Phi) is 7.25. The standard InChI is InChI=1S/C24H28N4O4/c1-3-5-7-11-21(29)26-18-10-8-9-17(13-18)19-14-24(32-27-19)15-20(23(25)31)28(16-24)22(30)12-6-4-2/h3,5-13,20H,4,14-16H2,1-2H3,(H2,25,31)(H,26,29)/b5-3-,11-7-,12-6+/t20-,24?/m0/s1. The fourth-order valence-corrected chi connectivity index (χ4v) is 3.83. The smallest absolute Gasteiger partial charge is 0.248 e. The number of carbonyl (C=O) groups excluding carboxylic acids is 3. The third-order valence-electron chi connectivity index (χ3n) is 5.36. The number of likely N-dealkylation sites (tertiary alicyclic amines) is 1. The Labute approximate surface area is 187 Å². The van der Waals surface area contributed by atoms with Gasteiger partial charge in [0.15, 0.2) is 5.60 Å². The lowest BCUT2D eigenvalue weighted by atomic mass is 9.91. The maximum atomic E-state index is 12.5. The summed E-state index contributed by atoms with van der Waals surface area (Å²) < 4.78 is 0. The molecule has 2 heterocycles. The molecule has 0 aromatic heterocycles. The van der Waals surface area contributed by atoms with Crippen molar-refractivity contribution in [3.63, 3.8) is 0 Å². The van der Waals surface area contributed by atoms with Gasteiger partial charge in [0, 0.05) is 30.2 Å². The Bertz CT molecular complexity index is 1010. The lowest BCUT2D eigenvalue weighted by Crippen LogP contribution is -2.43. The summed E-state index contributed by atoms with van der Waals surface area (Å²) in [6.45, 7) is 4.03. The first kappa shape index (κ1) is 23.0. The molecule has 1 aromatic carbocycles. The number of hydrogen-bond acceptors (Lipinski definition) is 5. The van der Waals surface area contributed by atoms with Crippen molar-refractivity contribution in [3.05, 3.63) is 66.3 Å². The first-order chi connectivity index (χ1) is 15.4. The number of benzene rings is 1. The molecule has 0 radical (unpaired) electrons. The van der Waals surface area contributed by atoms with Crippen molar-refractivity contribution in [2.45, 2.75) is 44.8 Å². The van der Waals surface area contributed by atoms with Crippen LogP contribution in [0, 0.1) is 0 Å². The van der Waals surface area contributed by atoms with Crippen LogP contribution in [0.3, 0.4) is 0 Å². The summed E-state index contributed by atoms with van der Waals surface area (Å²) in [6, 6.07) is 6.56. The Balaban J connectivity index is 1.72. The van der Waals surface area contributed by atoms with Gasteiger partial charge in [-0.1, -0.05) is 48.5 Å². The molecule has 1 aromatic rings. The third-order valence-corrected chi connectivity index (χ3v) is 5.36. The topological polar surface area (TPSA) is 114 Å². The highest BCUT2D eigenvalue weighted by Gasteiger charge is 2.52. The molecule has 2 aliphatic heterocycles. The van der Waals surface area contributed by atoms with Crippen LogP contribution in [-0.4, -0.2) is 46.5 Å². The van der Waals surface area contributed by atoms with Gasteiger partial charge < -0.3 is 20.8 Å². The number of nitrogens with two attached hydrogens (primary N) is 1. The Morgan fingerprint density at radius 1 is 1.31 bits per heavy atom. The third kappa shape index (κ3) is 5.32. The molecule has 168 valence electrons. The molecule has 1 spiro atoms. The minimum Gasteiger partial charge on any atom is -0.387 e. The van der Waals surface area contributed by atoms with Crippen LogP contribution in [0.5, 0.6) is 0 Å². The van der Waals surface area contributed by atoms with E-state index in [9.17, 15) is 14.4 Å². The molecule has 1 fully saturated rings. The van der Waals surface area contributed by atoms with Crippen molar-refractivity contribution in [2.75, 3.05) is 11.9 Å². The van der Waals surface area contributed by atoms with E-state index in [2.05, 4.69) is 10.5 Å². The predicted molar refractivity (Wildman–Crippen MR) is 123 cm³/mol. The van der Waals surface area contributed by atoms with Crippen molar-refractivity contribution < 1.29 is 19.2 Å². The summed E-state index contributed by atoms with van der Waals surface area (Å²) in [5, 5.41) is 7.06. The Hall–Kier alpha value is -3.68. The molecule has 0 bridgehead atoms. The Morgan fingerprint density at radius 3 is 2.84 bits per heavy atom. The second kappa shape index (κ2) is 10.1. The van der Waals surface area contributed by atoms with E-state index in [1.165, 1.54) is 17.1 Å². The Morgan fingerprint density at radius 2 is 2.12 bits per heavy atom. The zero-order valence-electron chi connectivity index (χ0n) is 18.3. The average Bonchev–Trinajstić information content (AvgIpc) is 3.37. The molecule has 8 nitrogen and oxygen atoms in total. The van der Waals surface area contributed by atoms with Crippen LogP contribution >= 0.6 is 0 Å². The van der Waals surface area contributed by atoms with Gasteiger partial charge in [-0.3, -0.25) is 14.4 Å². The maximum absolute atomic E-state index is 12.5. The van der Waals surface area contributed by atoms with Crippen LogP contribution < -0.4 is 11.1 Å². The number of oxime groups is 1. The first-order valence-electron chi connectivity index (χ1n) is 10.6. The summed E-state index contributed by atoms with van der Waals surface area (Å²) in [6.07, 6.45) is 11.3. The van der Waals surface area contributed by atoms with E-state index >= 15 is 0 Å². The van der Waals surface area contributed by atoms with Crippen molar-refractivity contribution in [1.82, 2.24) is 4.90 Å². The summed E-state index contributed by atoms with van der Waals surface area (Å²) in [7, 11) is 0. The zero-order valence-corrected chi connectivity index (χ0v) is 18.3. The van der Waals surface area contributed by atoms with Gasteiger partial charge in [-0.25, -0.2) is 0 Å². The number of allylic oxidation sites excluding steroid dienone is 4. The lowest BCUT2D eigenvalue weighted by Gasteiger charge is -2.21. The zero-order chi connectivity index (χ0) is 23.1. The highest BCUT2D eigenvalue weighted by atomic mass is 16.7. The predicted octanol–water partition coefficient (Wildman–Crippen LogP) is 2.67. The molecule has 1 saturated heterocycles. The van der Waals surface area contributed by atoms with E-state index in [4.69, 9.17) is 10.6 Å². The minimum atomic E-state index is -0.792. The number of primary amides is 1. The second-order valence-electron chi connectivity index (χ2n) is 7.84. The molecule has 2 atom stereocenters. The largest absolute Gasteiger partial charge is 0.387 e. The van der Waals surface area contributed by atoms with Crippen molar-refractivity contribution in [2.24, 2.45) is 10.9 Å². The monoisotopic (exact) mass is 436 g/mol. The molecular formula is C24H28N4O4. The van der Waals surface area contributed by atoms with E-state index in [-0.39, 0.29) is 24.8 Å². The number of nitrogens with zero attached hydrogens (tertiary/aromatic N) is 2. The van der Waals surface area contributed by atoms with Gasteiger partial charge in [0.2, 0.25) is 17.7 Å². The fourth-order valence-electron chi connectivity index (χ4n) is 3.83. The molecular weight excluding hydrogens is 408 g/mol. The molecule has 2 aliphatic rings. The summed E-state index contributed by atoms with van der Waals surface area (Å²) >= 11 is 0. The molecule has 0 aliphatic carbocycles. The van der Waals surface area contributed by atoms with Crippen LogP contribution in [0.4, 0.5) is 5.69 Å². The van der Waals surface area contributed by atoms with Crippen LogP contribution in [0.15, 0.2) is 65.9 Å². The molecule has 1 unspecified atom stereocenters.